The second-order valence-corrected chi connectivity index (χ2v) is 9.26. The molecule has 4 rings (SSSR count). The zero-order valence-electron chi connectivity index (χ0n) is 16.4. The van der Waals surface area contributed by atoms with Crippen molar-refractivity contribution < 1.29 is 9.72 Å². The van der Waals surface area contributed by atoms with Gasteiger partial charge in [0.05, 0.1) is 21.4 Å². The van der Waals surface area contributed by atoms with Crippen molar-refractivity contribution in [2.75, 3.05) is 0 Å². The van der Waals surface area contributed by atoms with Gasteiger partial charge in [-0.2, -0.15) is 5.10 Å². The monoisotopic (exact) mass is 482 g/mol. The first kappa shape index (κ1) is 21.9. The molecule has 0 aliphatic carbocycles. The predicted molar refractivity (Wildman–Crippen MR) is 129 cm³/mol. The van der Waals surface area contributed by atoms with Crippen LogP contribution >= 0.6 is 34.7 Å². The summed E-state index contributed by atoms with van der Waals surface area (Å²) < 4.78 is 2.17. The highest BCUT2D eigenvalue weighted by molar-refractivity contribution is 8.00. The van der Waals surface area contributed by atoms with Gasteiger partial charge in [-0.25, -0.2) is 10.4 Å². The Bertz CT molecular complexity index is 1290. The molecule has 160 valence electrons. The number of nitro benzene ring substituents is 1. The molecular weight excluding hydrogens is 468 g/mol. The van der Waals surface area contributed by atoms with Crippen LogP contribution in [0.25, 0.3) is 10.2 Å². The average molecular weight is 483 g/mol. The summed E-state index contributed by atoms with van der Waals surface area (Å²) in [6.45, 7) is 0. The number of fused-ring (bicyclic) bond motifs is 1. The summed E-state index contributed by atoms with van der Waals surface area (Å²) in [5.74, 6) is 0.366. The Kier molecular flexibility index (Phi) is 6.79. The zero-order valence-corrected chi connectivity index (χ0v) is 18.8. The van der Waals surface area contributed by atoms with E-state index in [2.05, 4.69) is 21.6 Å². The van der Waals surface area contributed by atoms with Gasteiger partial charge in [0.25, 0.3) is 11.6 Å². The molecule has 7 nitrogen and oxygen atoms in total. The summed E-state index contributed by atoms with van der Waals surface area (Å²) in [6, 6.07) is 19.5. The van der Waals surface area contributed by atoms with Gasteiger partial charge in [0, 0.05) is 22.9 Å². The van der Waals surface area contributed by atoms with Gasteiger partial charge in [0.15, 0.2) is 4.34 Å². The van der Waals surface area contributed by atoms with Crippen molar-refractivity contribution in [1.82, 2.24) is 10.4 Å². The van der Waals surface area contributed by atoms with E-state index in [4.69, 9.17) is 11.6 Å². The summed E-state index contributed by atoms with van der Waals surface area (Å²) in [5, 5.41) is 14.8. The van der Waals surface area contributed by atoms with Gasteiger partial charge in [-0.3, -0.25) is 14.9 Å². The largest absolute Gasteiger partial charge is 0.288 e. The minimum Gasteiger partial charge on any atom is -0.267 e. The van der Waals surface area contributed by atoms with Gasteiger partial charge in [-0.1, -0.05) is 53.7 Å². The van der Waals surface area contributed by atoms with Crippen molar-refractivity contribution in [3.8, 4) is 0 Å². The summed E-state index contributed by atoms with van der Waals surface area (Å²) in [7, 11) is 0. The SMILES string of the molecule is O=C(NN=Cc1ccc(Cl)c([N+](=O)[O-])c1)c1ccc(CSc2nc3ccccc3s2)cc1. The topological polar surface area (TPSA) is 97.5 Å². The van der Waals surface area contributed by atoms with Crippen LogP contribution in [-0.4, -0.2) is 22.0 Å². The minimum absolute atomic E-state index is 0.0394. The minimum atomic E-state index is -0.574. The highest BCUT2D eigenvalue weighted by atomic mass is 35.5. The van der Waals surface area contributed by atoms with E-state index in [1.54, 1.807) is 41.3 Å². The highest BCUT2D eigenvalue weighted by Gasteiger charge is 2.12. The van der Waals surface area contributed by atoms with Crippen LogP contribution in [0, 0.1) is 10.1 Å². The molecular formula is C22H15ClN4O3S2. The highest BCUT2D eigenvalue weighted by Crippen LogP contribution is 2.31. The third-order valence-corrected chi connectivity index (χ3v) is 6.97. The van der Waals surface area contributed by atoms with Crippen LogP contribution < -0.4 is 5.43 Å². The lowest BCUT2D eigenvalue weighted by atomic mass is 10.1. The normalized spacial score (nSPS) is 11.2. The number of thiazole rings is 1. The molecule has 0 aliphatic heterocycles. The molecule has 0 saturated carbocycles. The van der Waals surface area contributed by atoms with Crippen molar-refractivity contribution >= 4 is 62.7 Å². The number of hydrogen-bond donors (Lipinski definition) is 1. The fourth-order valence-corrected chi connectivity index (χ4v) is 5.00. The smallest absolute Gasteiger partial charge is 0.267 e. The van der Waals surface area contributed by atoms with Crippen molar-refractivity contribution in [3.63, 3.8) is 0 Å². The number of nitro groups is 1. The Morgan fingerprint density at radius 3 is 2.72 bits per heavy atom. The van der Waals surface area contributed by atoms with Gasteiger partial charge in [-0.15, -0.1) is 11.3 Å². The van der Waals surface area contributed by atoms with Crippen LogP contribution in [0.4, 0.5) is 5.69 Å². The summed E-state index contributed by atoms with van der Waals surface area (Å²) in [4.78, 5) is 27.3. The maximum atomic E-state index is 12.3. The van der Waals surface area contributed by atoms with Crippen molar-refractivity contribution in [2.45, 2.75) is 10.1 Å². The molecule has 1 N–H and O–H groups in total. The molecule has 0 aliphatic rings. The van der Waals surface area contributed by atoms with E-state index in [1.807, 2.05) is 30.3 Å². The van der Waals surface area contributed by atoms with Crippen LogP contribution in [0.1, 0.15) is 21.5 Å². The Hall–Kier alpha value is -3.27. The third-order valence-electron chi connectivity index (χ3n) is 4.40. The van der Waals surface area contributed by atoms with E-state index in [1.165, 1.54) is 18.3 Å². The zero-order chi connectivity index (χ0) is 22.5. The number of halogens is 1. The molecule has 0 unspecified atom stereocenters. The van der Waals surface area contributed by atoms with Crippen molar-refractivity contribution in [2.24, 2.45) is 5.10 Å². The predicted octanol–water partition coefficient (Wildman–Crippen LogP) is 5.91. The summed E-state index contributed by atoms with van der Waals surface area (Å²) in [6.07, 6.45) is 1.32. The second-order valence-electron chi connectivity index (χ2n) is 6.60. The van der Waals surface area contributed by atoms with Gasteiger partial charge < -0.3 is 0 Å². The number of rotatable bonds is 7. The first-order chi connectivity index (χ1) is 15.5. The van der Waals surface area contributed by atoms with E-state index in [9.17, 15) is 14.9 Å². The number of hydrogen-bond acceptors (Lipinski definition) is 7. The molecule has 0 bridgehead atoms. The lowest BCUT2D eigenvalue weighted by molar-refractivity contribution is -0.384. The number of thioether (sulfide) groups is 1. The Labute approximate surface area is 196 Å². The molecule has 0 atom stereocenters. The maximum absolute atomic E-state index is 12.3. The first-order valence-corrected chi connectivity index (χ1v) is 11.5. The first-order valence-electron chi connectivity index (χ1n) is 9.34. The number of amides is 1. The Morgan fingerprint density at radius 1 is 1.19 bits per heavy atom. The Morgan fingerprint density at radius 2 is 1.97 bits per heavy atom. The number of nitrogens with one attached hydrogen (secondary N) is 1. The number of benzene rings is 3. The maximum Gasteiger partial charge on any atom is 0.288 e. The fourth-order valence-electron chi connectivity index (χ4n) is 2.79. The van der Waals surface area contributed by atoms with Crippen molar-refractivity contribution in [3.05, 3.63) is 98.6 Å². The molecule has 1 aromatic heterocycles. The summed E-state index contributed by atoms with van der Waals surface area (Å²) in [5.41, 5.74) is 5.17. The molecule has 32 heavy (non-hydrogen) atoms. The van der Waals surface area contributed by atoms with E-state index in [-0.39, 0.29) is 16.6 Å². The molecule has 0 fully saturated rings. The second kappa shape index (κ2) is 9.90. The molecule has 3 aromatic carbocycles. The van der Waals surface area contributed by atoms with Crippen LogP contribution in [0.5, 0.6) is 0 Å². The number of aromatic nitrogens is 1. The molecule has 0 spiro atoms. The number of carbonyl (C=O) groups is 1. The van der Waals surface area contributed by atoms with Crippen LogP contribution in [0.2, 0.25) is 5.02 Å². The number of para-hydroxylation sites is 1. The quantitative estimate of drug-likeness (QED) is 0.153. The molecule has 0 saturated heterocycles. The van der Waals surface area contributed by atoms with Crippen LogP contribution in [0.3, 0.4) is 0 Å². The molecule has 4 aromatic rings. The number of carbonyl (C=O) groups excluding carboxylic acids is 1. The average Bonchev–Trinajstić information content (AvgIpc) is 3.22. The van der Waals surface area contributed by atoms with E-state index in [0.717, 1.165) is 25.9 Å². The molecule has 0 radical (unpaired) electrons. The van der Waals surface area contributed by atoms with Crippen LogP contribution in [-0.2, 0) is 5.75 Å². The number of nitrogens with zero attached hydrogens (tertiary/aromatic N) is 3. The van der Waals surface area contributed by atoms with E-state index in [0.29, 0.717) is 11.1 Å². The van der Waals surface area contributed by atoms with Crippen molar-refractivity contribution in [1.29, 1.82) is 0 Å². The van der Waals surface area contributed by atoms with Gasteiger partial charge in [0.2, 0.25) is 0 Å². The van der Waals surface area contributed by atoms with Gasteiger partial charge >= 0.3 is 0 Å². The van der Waals surface area contributed by atoms with Crippen LogP contribution in [0.15, 0.2) is 76.2 Å². The van der Waals surface area contributed by atoms with E-state index < -0.39 is 4.92 Å². The summed E-state index contributed by atoms with van der Waals surface area (Å²) >= 11 is 9.10. The van der Waals surface area contributed by atoms with Gasteiger partial charge in [0.1, 0.15) is 5.02 Å². The lowest BCUT2D eigenvalue weighted by Gasteiger charge is -2.03. The lowest BCUT2D eigenvalue weighted by Crippen LogP contribution is -2.17. The van der Waals surface area contributed by atoms with Gasteiger partial charge in [-0.05, 0) is 35.9 Å². The third kappa shape index (κ3) is 5.31. The number of hydrazone groups is 1. The molecule has 1 amide bonds. The fraction of sp³-hybridized carbons (Fsp3) is 0.0455. The van der Waals surface area contributed by atoms with E-state index >= 15 is 0 Å². The standard InChI is InChI=1S/C22H15ClN4O3S2/c23-17-10-7-15(11-19(17)27(29)30)12-24-26-21(28)16-8-5-14(6-9-16)13-31-22-25-18-3-1-2-4-20(18)32-22/h1-12H,13H2,(H,26,28). The Balaban J connectivity index is 1.33. The molecule has 10 heteroatoms. The molecule has 1 heterocycles.